The Morgan fingerprint density at radius 1 is 0.800 bits per heavy atom. The predicted octanol–water partition coefficient (Wildman–Crippen LogP) is 5.01. The number of fused-ring (bicyclic) bond motifs is 2. The molecule has 3 aromatic rings. The van der Waals surface area contributed by atoms with Crippen molar-refractivity contribution in [3.8, 4) is 0 Å². The van der Waals surface area contributed by atoms with Crippen LogP contribution < -0.4 is 0 Å². The summed E-state index contributed by atoms with van der Waals surface area (Å²) in [7, 11) is 0. The monoisotopic (exact) mass is 506 g/mol. The van der Waals surface area contributed by atoms with E-state index in [1.54, 1.807) is 41.3 Å². The maximum absolute atomic E-state index is 13.3. The van der Waals surface area contributed by atoms with Crippen LogP contribution in [0.3, 0.4) is 0 Å². The van der Waals surface area contributed by atoms with Gasteiger partial charge in [-0.25, -0.2) is 0 Å². The Labute approximate surface area is 215 Å². The molecule has 1 amide bonds. The normalized spacial score (nSPS) is 15.5. The zero-order chi connectivity index (χ0) is 23.7. The highest BCUT2D eigenvalue weighted by molar-refractivity contribution is 6.41. The summed E-state index contributed by atoms with van der Waals surface area (Å²) in [5.41, 5.74) is 2.49. The second-order valence-electron chi connectivity index (χ2n) is 8.46. The number of carbonyl (C=O) groups excluding carboxylic acids is 3. The molecule has 0 spiro atoms. The van der Waals surface area contributed by atoms with E-state index >= 15 is 0 Å². The second kappa shape index (κ2) is 10.6. The van der Waals surface area contributed by atoms with Crippen molar-refractivity contribution in [2.75, 3.05) is 32.7 Å². The molecule has 178 valence electrons. The van der Waals surface area contributed by atoms with Gasteiger partial charge in [-0.15, -0.1) is 12.4 Å². The number of hydrogen-bond donors (Lipinski definition) is 0. The van der Waals surface area contributed by atoms with Crippen LogP contribution in [-0.2, 0) is 0 Å². The molecule has 0 radical (unpaired) electrons. The molecule has 0 atom stereocenters. The smallest absolute Gasteiger partial charge is 0.255 e. The highest BCUT2D eigenvalue weighted by atomic mass is 35.5. The van der Waals surface area contributed by atoms with Crippen molar-refractivity contribution in [1.29, 1.82) is 0 Å². The molecule has 5 nitrogen and oxygen atoms in total. The maximum Gasteiger partial charge on any atom is 0.255 e. The van der Waals surface area contributed by atoms with E-state index in [4.69, 9.17) is 11.6 Å². The molecule has 5 rings (SSSR count). The molecule has 2 aliphatic rings. The summed E-state index contributed by atoms with van der Waals surface area (Å²) in [6.45, 7) is 3.45. The van der Waals surface area contributed by atoms with Gasteiger partial charge in [0.1, 0.15) is 0 Å². The summed E-state index contributed by atoms with van der Waals surface area (Å²) >= 11 is 6.58. The van der Waals surface area contributed by atoms with Crippen molar-refractivity contribution in [1.82, 2.24) is 9.80 Å². The van der Waals surface area contributed by atoms with Crippen LogP contribution >= 0.6 is 24.0 Å². The van der Waals surface area contributed by atoms with E-state index in [-0.39, 0.29) is 51.6 Å². The van der Waals surface area contributed by atoms with E-state index in [0.29, 0.717) is 24.2 Å². The number of carbonyl (C=O) groups is 3. The molecule has 0 N–H and O–H groups in total. The van der Waals surface area contributed by atoms with Crippen molar-refractivity contribution < 1.29 is 14.4 Å². The largest absolute Gasteiger partial charge is 0.336 e. The van der Waals surface area contributed by atoms with Crippen LogP contribution in [0.5, 0.6) is 0 Å². The van der Waals surface area contributed by atoms with Gasteiger partial charge in [-0.05, 0) is 17.7 Å². The molecule has 0 aromatic heterocycles. The zero-order valence-corrected chi connectivity index (χ0v) is 20.5. The van der Waals surface area contributed by atoms with Crippen LogP contribution in [0.15, 0.2) is 72.8 Å². The minimum Gasteiger partial charge on any atom is -0.336 e. The minimum atomic E-state index is -0.320. The van der Waals surface area contributed by atoms with Crippen LogP contribution in [0.1, 0.15) is 47.8 Å². The molecule has 35 heavy (non-hydrogen) atoms. The van der Waals surface area contributed by atoms with E-state index in [0.717, 1.165) is 25.2 Å². The third kappa shape index (κ3) is 4.80. The SMILES string of the molecule is Cl.O=C1c2ccccc2C(=O)c2c1ccc(C(=O)N1CCN(C/C=C/c3ccccc3)CC1)c2Cl. The first kappa shape index (κ1) is 24.9. The standard InChI is InChI=1S/C28H23ClN2O3.ClH/c29-25-23(13-12-22-24(25)27(33)21-11-5-4-10-20(21)26(22)32)28(34)31-17-15-30(16-18-31)14-6-9-19-7-2-1-3-8-19;/h1-13H,14-18H2;1H/b9-6+;. The molecular formula is C28H24Cl2N2O3. The third-order valence-corrected chi connectivity index (χ3v) is 6.79. The van der Waals surface area contributed by atoms with Gasteiger partial charge < -0.3 is 4.90 Å². The van der Waals surface area contributed by atoms with Crippen LogP contribution in [0.4, 0.5) is 0 Å². The van der Waals surface area contributed by atoms with Gasteiger partial charge in [0.2, 0.25) is 0 Å². The molecule has 1 saturated heterocycles. The van der Waals surface area contributed by atoms with Gasteiger partial charge in [-0.2, -0.15) is 0 Å². The van der Waals surface area contributed by atoms with Crippen molar-refractivity contribution >= 4 is 47.6 Å². The number of rotatable bonds is 4. The molecule has 1 fully saturated rings. The maximum atomic E-state index is 13.3. The summed E-state index contributed by atoms with van der Waals surface area (Å²) in [6.07, 6.45) is 4.23. The fourth-order valence-electron chi connectivity index (χ4n) is 4.52. The topological polar surface area (TPSA) is 57.7 Å². The van der Waals surface area contributed by atoms with E-state index in [9.17, 15) is 14.4 Å². The van der Waals surface area contributed by atoms with Gasteiger partial charge in [0.05, 0.1) is 16.1 Å². The van der Waals surface area contributed by atoms with E-state index < -0.39 is 0 Å². The molecule has 1 heterocycles. The average Bonchev–Trinajstić information content (AvgIpc) is 2.88. The lowest BCUT2D eigenvalue weighted by Gasteiger charge is -2.34. The first-order chi connectivity index (χ1) is 16.5. The average molecular weight is 507 g/mol. The molecular weight excluding hydrogens is 483 g/mol. The predicted molar refractivity (Wildman–Crippen MR) is 140 cm³/mol. The highest BCUT2D eigenvalue weighted by Crippen LogP contribution is 2.34. The lowest BCUT2D eigenvalue weighted by atomic mass is 9.83. The van der Waals surface area contributed by atoms with Crippen molar-refractivity contribution in [2.24, 2.45) is 0 Å². The Morgan fingerprint density at radius 3 is 2.11 bits per heavy atom. The second-order valence-corrected chi connectivity index (χ2v) is 8.84. The van der Waals surface area contributed by atoms with Gasteiger partial charge in [-0.3, -0.25) is 19.3 Å². The van der Waals surface area contributed by atoms with Gasteiger partial charge in [0.25, 0.3) is 5.91 Å². The molecule has 1 aliphatic carbocycles. The summed E-state index contributed by atoms with van der Waals surface area (Å²) in [5.74, 6) is -0.783. The summed E-state index contributed by atoms with van der Waals surface area (Å²) in [6, 6.07) is 20.0. The lowest BCUT2D eigenvalue weighted by Crippen LogP contribution is -2.48. The van der Waals surface area contributed by atoms with Gasteiger partial charge in [0, 0.05) is 49.4 Å². The summed E-state index contributed by atoms with van der Waals surface area (Å²) in [4.78, 5) is 43.3. The number of amides is 1. The quantitative estimate of drug-likeness (QED) is 0.390. The first-order valence-electron chi connectivity index (χ1n) is 11.3. The van der Waals surface area contributed by atoms with Crippen molar-refractivity contribution in [3.05, 3.63) is 111 Å². The Hall–Kier alpha value is -3.25. The number of piperazine rings is 1. The lowest BCUT2D eigenvalue weighted by molar-refractivity contribution is 0.0650. The Bertz CT molecular complexity index is 1310. The number of nitrogens with zero attached hydrogens (tertiary/aromatic N) is 2. The third-order valence-electron chi connectivity index (χ3n) is 6.39. The van der Waals surface area contributed by atoms with Gasteiger partial charge in [0.15, 0.2) is 11.6 Å². The molecule has 7 heteroatoms. The van der Waals surface area contributed by atoms with Crippen molar-refractivity contribution in [3.63, 3.8) is 0 Å². The van der Waals surface area contributed by atoms with Crippen molar-refractivity contribution in [2.45, 2.75) is 0 Å². The van der Waals surface area contributed by atoms with E-state index in [1.165, 1.54) is 0 Å². The Kier molecular flexibility index (Phi) is 7.51. The first-order valence-corrected chi connectivity index (χ1v) is 11.7. The Morgan fingerprint density at radius 2 is 1.43 bits per heavy atom. The van der Waals surface area contributed by atoms with Crippen LogP contribution in [0.2, 0.25) is 5.02 Å². The zero-order valence-electron chi connectivity index (χ0n) is 18.9. The summed E-state index contributed by atoms with van der Waals surface area (Å²) in [5, 5.41) is 0.0589. The molecule has 1 aliphatic heterocycles. The minimum absolute atomic E-state index is 0. The Balaban J connectivity index is 0.00000289. The molecule has 0 bridgehead atoms. The fourth-order valence-corrected chi connectivity index (χ4v) is 4.85. The molecule has 0 saturated carbocycles. The van der Waals surface area contributed by atoms with E-state index in [2.05, 4.69) is 29.2 Å². The fraction of sp³-hybridized carbons (Fsp3) is 0.179. The molecule has 0 unspecified atom stereocenters. The van der Waals surface area contributed by atoms with E-state index in [1.807, 2.05) is 18.2 Å². The summed E-state index contributed by atoms with van der Waals surface area (Å²) < 4.78 is 0. The molecule has 3 aromatic carbocycles. The van der Waals surface area contributed by atoms with Gasteiger partial charge in [-0.1, -0.05) is 78.4 Å². The number of hydrogen-bond acceptors (Lipinski definition) is 4. The van der Waals surface area contributed by atoms with Crippen LogP contribution in [0, 0.1) is 0 Å². The van der Waals surface area contributed by atoms with Gasteiger partial charge >= 0.3 is 0 Å². The van der Waals surface area contributed by atoms with Crippen LogP contribution in [-0.4, -0.2) is 60.0 Å². The van der Waals surface area contributed by atoms with Crippen LogP contribution in [0.25, 0.3) is 6.08 Å². The number of halogens is 2. The number of benzene rings is 3. The highest BCUT2D eigenvalue weighted by Gasteiger charge is 2.34. The number of ketones is 2.